The van der Waals surface area contributed by atoms with Crippen LogP contribution in [0.1, 0.15) is 32.6 Å². The van der Waals surface area contributed by atoms with Crippen LogP contribution in [0.25, 0.3) is 0 Å². The summed E-state index contributed by atoms with van der Waals surface area (Å²) in [6.07, 6.45) is 2.38. The quantitative estimate of drug-likeness (QED) is 0.701. The fourth-order valence-corrected chi connectivity index (χ4v) is 3.26. The first-order chi connectivity index (χ1) is 12.0. The molecule has 0 unspecified atom stereocenters. The molecule has 7 heteroatoms. The van der Waals surface area contributed by atoms with Crippen molar-refractivity contribution in [3.8, 4) is 5.75 Å². The van der Waals surface area contributed by atoms with E-state index in [0.717, 1.165) is 13.0 Å². The smallest absolute Gasteiger partial charge is 0.222 e. The Hall–Kier alpha value is -1.46. The fourth-order valence-electron chi connectivity index (χ4n) is 2.80. The molecule has 1 aliphatic heterocycles. The van der Waals surface area contributed by atoms with Crippen molar-refractivity contribution < 1.29 is 14.3 Å². The van der Waals surface area contributed by atoms with Gasteiger partial charge < -0.3 is 14.5 Å². The molecule has 1 aromatic carbocycles. The average molecular weight is 387 g/mol. The number of rotatable bonds is 6. The molecule has 138 valence electrons. The summed E-state index contributed by atoms with van der Waals surface area (Å²) in [5.74, 6) is 0.834. The van der Waals surface area contributed by atoms with Gasteiger partial charge in [0.1, 0.15) is 5.75 Å². The third-order valence-electron chi connectivity index (χ3n) is 4.19. The zero-order valence-corrected chi connectivity index (χ0v) is 16.0. The molecule has 1 aliphatic rings. The van der Waals surface area contributed by atoms with Gasteiger partial charge in [-0.05, 0) is 31.0 Å². The second kappa shape index (κ2) is 9.88. The zero-order valence-electron chi connectivity index (χ0n) is 14.5. The van der Waals surface area contributed by atoms with Crippen molar-refractivity contribution in [2.75, 3.05) is 32.8 Å². The van der Waals surface area contributed by atoms with Crippen molar-refractivity contribution in [3.63, 3.8) is 0 Å². The lowest BCUT2D eigenvalue weighted by atomic mass is 10.2. The van der Waals surface area contributed by atoms with Crippen molar-refractivity contribution in [2.24, 2.45) is 0 Å². The number of ether oxygens (including phenoxy) is 1. The standard InChI is InChI=1S/C18H24Cl2N2O3/c1-2-17(23)21-8-4-9-22(11-10-21)18(24)5-3-12-25-16-7-6-14(19)13-15(16)20/h6-7,13H,2-5,8-12H2,1H3. The van der Waals surface area contributed by atoms with Crippen LogP contribution in [0, 0.1) is 0 Å². The molecule has 1 saturated heterocycles. The molecule has 2 rings (SSSR count). The monoisotopic (exact) mass is 386 g/mol. The van der Waals surface area contributed by atoms with Gasteiger partial charge in [0, 0.05) is 44.0 Å². The molecule has 0 atom stereocenters. The second-order valence-corrected chi connectivity index (χ2v) is 6.84. The molecule has 0 bridgehead atoms. The molecule has 2 amide bonds. The maximum absolute atomic E-state index is 12.3. The largest absolute Gasteiger partial charge is 0.492 e. The van der Waals surface area contributed by atoms with Gasteiger partial charge >= 0.3 is 0 Å². The third-order valence-corrected chi connectivity index (χ3v) is 4.72. The molecule has 25 heavy (non-hydrogen) atoms. The molecule has 0 spiro atoms. The first-order valence-corrected chi connectivity index (χ1v) is 9.40. The zero-order chi connectivity index (χ0) is 18.2. The van der Waals surface area contributed by atoms with Crippen molar-refractivity contribution in [1.82, 2.24) is 9.80 Å². The summed E-state index contributed by atoms with van der Waals surface area (Å²) in [6.45, 7) is 4.94. The third kappa shape index (κ3) is 6.08. The summed E-state index contributed by atoms with van der Waals surface area (Å²) < 4.78 is 5.60. The van der Waals surface area contributed by atoms with Crippen LogP contribution in [0.3, 0.4) is 0 Å². The SMILES string of the molecule is CCC(=O)N1CCCN(C(=O)CCCOc2ccc(Cl)cc2Cl)CC1. The fraction of sp³-hybridized carbons (Fsp3) is 0.556. The van der Waals surface area contributed by atoms with Gasteiger partial charge in [0.15, 0.2) is 0 Å². The van der Waals surface area contributed by atoms with Gasteiger partial charge in [-0.25, -0.2) is 0 Å². The Morgan fingerprint density at radius 1 is 1.08 bits per heavy atom. The van der Waals surface area contributed by atoms with Crippen LogP contribution in [-0.4, -0.2) is 54.4 Å². The molecule has 0 N–H and O–H groups in total. The lowest BCUT2D eigenvalue weighted by molar-refractivity contribution is -0.133. The number of carbonyl (C=O) groups excluding carboxylic acids is 2. The highest BCUT2D eigenvalue weighted by Gasteiger charge is 2.20. The van der Waals surface area contributed by atoms with Crippen molar-refractivity contribution in [2.45, 2.75) is 32.6 Å². The topological polar surface area (TPSA) is 49.9 Å². The van der Waals surface area contributed by atoms with Crippen LogP contribution in [0.15, 0.2) is 18.2 Å². The van der Waals surface area contributed by atoms with Crippen LogP contribution in [0.2, 0.25) is 10.0 Å². The number of benzene rings is 1. The minimum Gasteiger partial charge on any atom is -0.492 e. The predicted molar refractivity (Wildman–Crippen MR) is 99.3 cm³/mol. The van der Waals surface area contributed by atoms with Crippen LogP contribution in [0.4, 0.5) is 0 Å². The Labute approximate surface area is 158 Å². The van der Waals surface area contributed by atoms with E-state index in [1.54, 1.807) is 18.2 Å². The first kappa shape index (κ1) is 19.9. The van der Waals surface area contributed by atoms with Crippen molar-refractivity contribution in [1.29, 1.82) is 0 Å². The van der Waals surface area contributed by atoms with E-state index in [-0.39, 0.29) is 11.8 Å². The second-order valence-electron chi connectivity index (χ2n) is 6.00. The molecule has 1 fully saturated rings. The Bertz CT molecular complexity index is 610. The molecular formula is C18H24Cl2N2O3. The Kier molecular flexibility index (Phi) is 7.85. The highest BCUT2D eigenvalue weighted by Crippen LogP contribution is 2.27. The molecule has 1 aromatic rings. The van der Waals surface area contributed by atoms with Gasteiger partial charge in [0.05, 0.1) is 11.6 Å². The van der Waals surface area contributed by atoms with Gasteiger partial charge in [0.2, 0.25) is 11.8 Å². The number of halogens is 2. The summed E-state index contributed by atoms with van der Waals surface area (Å²) in [5.41, 5.74) is 0. The normalized spacial score (nSPS) is 15.0. The highest BCUT2D eigenvalue weighted by atomic mass is 35.5. The minimum atomic E-state index is 0.108. The van der Waals surface area contributed by atoms with Crippen molar-refractivity contribution >= 4 is 35.0 Å². The molecule has 0 aromatic heterocycles. The Morgan fingerprint density at radius 3 is 2.40 bits per heavy atom. The van der Waals surface area contributed by atoms with Crippen molar-refractivity contribution in [3.05, 3.63) is 28.2 Å². The summed E-state index contributed by atoms with van der Waals surface area (Å²) in [5, 5.41) is 1.02. The average Bonchev–Trinajstić information content (AvgIpc) is 2.85. The molecular weight excluding hydrogens is 363 g/mol. The molecule has 0 saturated carbocycles. The number of nitrogens with zero attached hydrogens (tertiary/aromatic N) is 2. The molecule has 1 heterocycles. The summed E-state index contributed by atoms with van der Waals surface area (Å²) in [6, 6.07) is 5.07. The first-order valence-electron chi connectivity index (χ1n) is 8.64. The van der Waals surface area contributed by atoms with Gasteiger partial charge in [-0.3, -0.25) is 9.59 Å². The van der Waals surface area contributed by atoms with E-state index < -0.39 is 0 Å². The summed E-state index contributed by atoms with van der Waals surface area (Å²) in [4.78, 5) is 27.8. The van der Waals surface area contributed by atoms with E-state index in [1.165, 1.54) is 0 Å². The highest BCUT2D eigenvalue weighted by molar-refractivity contribution is 6.35. The molecule has 0 aliphatic carbocycles. The molecule has 0 radical (unpaired) electrons. The van der Waals surface area contributed by atoms with Gasteiger partial charge in [-0.2, -0.15) is 0 Å². The maximum Gasteiger partial charge on any atom is 0.222 e. The van der Waals surface area contributed by atoms with Gasteiger partial charge in [-0.15, -0.1) is 0 Å². The van der Waals surface area contributed by atoms with E-state index in [0.29, 0.717) is 61.3 Å². The maximum atomic E-state index is 12.3. The van der Waals surface area contributed by atoms with Crippen LogP contribution in [-0.2, 0) is 9.59 Å². The minimum absolute atomic E-state index is 0.108. The molecule has 5 nitrogen and oxygen atoms in total. The van der Waals surface area contributed by atoms with E-state index in [2.05, 4.69) is 0 Å². The lowest BCUT2D eigenvalue weighted by Gasteiger charge is -2.22. The van der Waals surface area contributed by atoms with E-state index in [9.17, 15) is 9.59 Å². The lowest BCUT2D eigenvalue weighted by Crippen LogP contribution is -2.37. The van der Waals surface area contributed by atoms with Crippen LogP contribution < -0.4 is 4.74 Å². The van der Waals surface area contributed by atoms with E-state index in [1.807, 2.05) is 16.7 Å². The number of hydrogen-bond donors (Lipinski definition) is 0. The predicted octanol–water partition coefficient (Wildman–Crippen LogP) is 3.62. The van der Waals surface area contributed by atoms with Crippen LogP contribution >= 0.6 is 23.2 Å². The Morgan fingerprint density at radius 2 is 1.76 bits per heavy atom. The summed E-state index contributed by atoms with van der Waals surface area (Å²) in [7, 11) is 0. The van der Waals surface area contributed by atoms with Crippen LogP contribution in [0.5, 0.6) is 5.75 Å². The van der Waals surface area contributed by atoms with E-state index >= 15 is 0 Å². The number of amides is 2. The van der Waals surface area contributed by atoms with E-state index in [4.69, 9.17) is 27.9 Å². The summed E-state index contributed by atoms with van der Waals surface area (Å²) >= 11 is 11.9. The van der Waals surface area contributed by atoms with Gasteiger partial charge in [-0.1, -0.05) is 30.1 Å². The Balaban J connectivity index is 1.72. The number of hydrogen-bond acceptors (Lipinski definition) is 3. The number of carbonyl (C=O) groups is 2. The van der Waals surface area contributed by atoms with Gasteiger partial charge in [0.25, 0.3) is 0 Å².